The van der Waals surface area contributed by atoms with Crippen molar-refractivity contribution in [3.05, 3.63) is 0 Å². The van der Waals surface area contributed by atoms with Crippen LogP contribution in [0.25, 0.3) is 0 Å². The lowest BCUT2D eigenvalue weighted by atomic mass is 10.0. The molecule has 0 saturated heterocycles. The molecule has 1 aliphatic carbocycles. The fraction of sp³-hybridized carbons (Fsp3) is 1.00. The minimum absolute atomic E-state index is 0.165. The van der Waals surface area contributed by atoms with Crippen molar-refractivity contribution in [2.45, 2.75) is 58.7 Å². The molecule has 2 N–H and O–H groups in total. The van der Waals surface area contributed by atoms with Gasteiger partial charge in [-0.2, -0.15) is 0 Å². The summed E-state index contributed by atoms with van der Waals surface area (Å²) < 4.78 is 5.53. The maximum absolute atomic E-state index is 9.71. The number of hydrogen-bond donors (Lipinski definition) is 2. The number of aliphatic hydroxyl groups excluding tert-OH is 1. The van der Waals surface area contributed by atoms with E-state index in [1.54, 1.807) is 0 Å². The Kier molecular flexibility index (Phi) is 4.77. The summed E-state index contributed by atoms with van der Waals surface area (Å²) >= 11 is 0. The van der Waals surface area contributed by atoms with Crippen LogP contribution in [0.4, 0.5) is 0 Å². The molecule has 3 nitrogen and oxygen atoms in total. The number of aliphatic hydroxyl groups is 1. The smallest absolute Gasteiger partial charge is 0.0897 e. The third-order valence-corrected chi connectivity index (χ3v) is 3.30. The van der Waals surface area contributed by atoms with E-state index in [1.165, 1.54) is 19.3 Å². The summed E-state index contributed by atoms with van der Waals surface area (Å²) in [7, 11) is 0. The molecule has 1 saturated carbocycles. The quantitative estimate of drug-likeness (QED) is 0.701. The van der Waals surface area contributed by atoms with Gasteiger partial charge in [0.15, 0.2) is 0 Å². The van der Waals surface area contributed by atoms with Crippen LogP contribution in [0.1, 0.15) is 47.0 Å². The first kappa shape index (κ1) is 13.9. The minimum atomic E-state index is -0.396. The summed E-state index contributed by atoms with van der Waals surface area (Å²) in [4.78, 5) is 0. The Bertz CT molecular complexity index is 206. The van der Waals surface area contributed by atoms with Gasteiger partial charge in [0.1, 0.15) is 0 Å². The fourth-order valence-electron chi connectivity index (χ4n) is 1.74. The molecule has 1 aliphatic rings. The van der Waals surface area contributed by atoms with Gasteiger partial charge in [-0.25, -0.2) is 0 Å². The van der Waals surface area contributed by atoms with Crippen LogP contribution >= 0.6 is 0 Å². The Labute approximate surface area is 99.6 Å². The molecule has 0 spiro atoms. The van der Waals surface area contributed by atoms with E-state index in [4.69, 9.17) is 4.74 Å². The standard InChI is InChI=1S/C13H27NO2/c1-5-13(6-7-13)10-14-8-11(15)9-16-12(2,3)4/h11,14-15H,5-10H2,1-4H3. The van der Waals surface area contributed by atoms with Gasteiger partial charge in [-0.05, 0) is 45.4 Å². The predicted octanol–water partition coefficient (Wildman–Crippen LogP) is 1.94. The average Bonchev–Trinajstić information content (AvgIpc) is 2.95. The van der Waals surface area contributed by atoms with Crippen LogP contribution < -0.4 is 5.32 Å². The van der Waals surface area contributed by atoms with E-state index in [9.17, 15) is 5.11 Å². The first-order valence-corrected chi connectivity index (χ1v) is 6.40. The van der Waals surface area contributed by atoms with Gasteiger partial charge in [0.2, 0.25) is 0 Å². The summed E-state index contributed by atoms with van der Waals surface area (Å²) in [5, 5.41) is 13.1. The molecule has 0 radical (unpaired) electrons. The van der Waals surface area contributed by atoms with Crippen molar-refractivity contribution in [1.29, 1.82) is 0 Å². The SMILES string of the molecule is CCC1(CNCC(O)COC(C)(C)C)CC1. The van der Waals surface area contributed by atoms with Gasteiger partial charge >= 0.3 is 0 Å². The number of rotatable bonds is 7. The van der Waals surface area contributed by atoms with Crippen molar-refractivity contribution in [2.24, 2.45) is 5.41 Å². The molecule has 1 fully saturated rings. The molecule has 0 aromatic heterocycles. The molecule has 0 bridgehead atoms. The molecule has 0 aromatic rings. The summed E-state index contributed by atoms with van der Waals surface area (Å²) in [6.45, 7) is 10.3. The van der Waals surface area contributed by atoms with Gasteiger partial charge in [0.05, 0.1) is 18.3 Å². The first-order valence-electron chi connectivity index (χ1n) is 6.40. The highest BCUT2D eigenvalue weighted by molar-refractivity contribution is 4.93. The highest BCUT2D eigenvalue weighted by atomic mass is 16.5. The molecule has 1 rings (SSSR count). The van der Waals surface area contributed by atoms with E-state index in [0.29, 0.717) is 18.6 Å². The van der Waals surface area contributed by atoms with Gasteiger partial charge in [-0.3, -0.25) is 0 Å². The lowest BCUT2D eigenvalue weighted by Crippen LogP contribution is -2.36. The minimum Gasteiger partial charge on any atom is -0.389 e. The zero-order valence-electron chi connectivity index (χ0n) is 11.2. The largest absolute Gasteiger partial charge is 0.389 e. The lowest BCUT2D eigenvalue weighted by molar-refractivity contribution is -0.0480. The molecule has 1 atom stereocenters. The Hall–Kier alpha value is -0.120. The molecular formula is C13H27NO2. The first-order chi connectivity index (χ1) is 7.37. The third-order valence-electron chi connectivity index (χ3n) is 3.30. The molecular weight excluding hydrogens is 202 g/mol. The van der Waals surface area contributed by atoms with E-state index in [0.717, 1.165) is 6.54 Å². The summed E-state index contributed by atoms with van der Waals surface area (Å²) in [6.07, 6.45) is 3.52. The number of ether oxygens (including phenoxy) is 1. The number of nitrogens with one attached hydrogen (secondary N) is 1. The van der Waals surface area contributed by atoms with Crippen LogP contribution in [0.2, 0.25) is 0 Å². The highest BCUT2D eigenvalue weighted by Gasteiger charge is 2.39. The van der Waals surface area contributed by atoms with E-state index in [1.807, 2.05) is 20.8 Å². The van der Waals surface area contributed by atoms with E-state index in [-0.39, 0.29) is 5.60 Å². The molecule has 0 aliphatic heterocycles. The second-order valence-electron chi connectivity index (χ2n) is 6.06. The summed E-state index contributed by atoms with van der Waals surface area (Å²) in [5.74, 6) is 0. The third kappa shape index (κ3) is 5.28. The van der Waals surface area contributed by atoms with E-state index >= 15 is 0 Å². The van der Waals surface area contributed by atoms with Gasteiger partial charge in [0, 0.05) is 13.1 Å². The maximum atomic E-state index is 9.71. The molecule has 0 heterocycles. The normalized spacial score (nSPS) is 20.8. The van der Waals surface area contributed by atoms with Crippen LogP contribution in [-0.2, 0) is 4.74 Å². The van der Waals surface area contributed by atoms with E-state index < -0.39 is 6.10 Å². The average molecular weight is 229 g/mol. The lowest BCUT2D eigenvalue weighted by Gasteiger charge is -2.22. The zero-order chi connectivity index (χ0) is 12.2. The molecule has 1 unspecified atom stereocenters. The van der Waals surface area contributed by atoms with Gasteiger partial charge < -0.3 is 15.2 Å². The van der Waals surface area contributed by atoms with Crippen LogP contribution in [0.15, 0.2) is 0 Å². The second-order valence-corrected chi connectivity index (χ2v) is 6.06. The van der Waals surface area contributed by atoms with Crippen LogP contribution in [0.3, 0.4) is 0 Å². The monoisotopic (exact) mass is 229 g/mol. The number of hydrogen-bond acceptors (Lipinski definition) is 3. The van der Waals surface area contributed by atoms with Gasteiger partial charge in [0.25, 0.3) is 0 Å². The Morgan fingerprint density at radius 2 is 2.00 bits per heavy atom. The maximum Gasteiger partial charge on any atom is 0.0897 e. The van der Waals surface area contributed by atoms with Gasteiger partial charge in [-0.1, -0.05) is 6.92 Å². The van der Waals surface area contributed by atoms with Crippen LogP contribution in [0.5, 0.6) is 0 Å². The van der Waals surface area contributed by atoms with Crippen molar-refractivity contribution < 1.29 is 9.84 Å². The summed E-state index contributed by atoms with van der Waals surface area (Å²) in [6, 6.07) is 0. The Morgan fingerprint density at radius 3 is 2.44 bits per heavy atom. The van der Waals surface area contributed by atoms with Crippen LogP contribution in [0, 0.1) is 5.41 Å². The summed E-state index contributed by atoms with van der Waals surface area (Å²) in [5.41, 5.74) is 0.382. The van der Waals surface area contributed by atoms with Crippen LogP contribution in [-0.4, -0.2) is 36.5 Å². The zero-order valence-corrected chi connectivity index (χ0v) is 11.2. The van der Waals surface area contributed by atoms with Crippen molar-refractivity contribution in [1.82, 2.24) is 5.32 Å². The Balaban J connectivity index is 2.04. The second kappa shape index (κ2) is 5.48. The van der Waals surface area contributed by atoms with Crippen molar-refractivity contribution >= 4 is 0 Å². The highest BCUT2D eigenvalue weighted by Crippen LogP contribution is 2.47. The van der Waals surface area contributed by atoms with Gasteiger partial charge in [-0.15, -0.1) is 0 Å². The Morgan fingerprint density at radius 1 is 1.38 bits per heavy atom. The van der Waals surface area contributed by atoms with Crippen molar-refractivity contribution in [3.8, 4) is 0 Å². The fourth-order valence-corrected chi connectivity index (χ4v) is 1.74. The molecule has 96 valence electrons. The van der Waals surface area contributed by atoms with Crippen molar-refractivity contribution in [3.63, 3.8) is 0 Å². The van der Waals surface area contributed by atoms with E-state index in [2.05, 4.69) is 12.2 Å². The van der Waals surface area contributed by atoms with Crippen molar-refractivity contribution in [2.75, 3.05) is 19.7 Å². The molecule has 3 heteroatoms. The predicted molar refractivity (Wildman–Crippen MR) is 66.5 cm³/mol. The molecule has 16 heavy (non-hydrogen) atoms. The molecule has 0 amide bonds. The molecule has 0 aromatic carbocycles. The topological polar surface area (TPSA) is 41.5 Å².